The van der Waals surface area contributed by atoms with Crippen molar-refractivity contribution in [3.63, 3.8) is 0 Å². The van der Waals surface area contributed by atoms with Crippen LogP contribution in [-0.2, 0) is 6.54 Å². The molecule has 28 heavy (non-hydrogen) atoms. The van der Waals surface area contributed by atoms with Gasteiger partial charge in [-0.1, -0.05) is 36.4 Å². The molecule has 0 radical (unpaired) electrons. The third kappa shape index (κ3) is 4.85. The highest BCUT2D eigenvalue weighted by atomic mass is 16.5. The maximum absolute atomic E-state index is 12.5. The van der Waals surface area contributed by atoms with Crippen molar-refractivity contribution in [1.29, 1.82) is 0 Å². The first-order chi connectivity index (χ1) is 13.6. The molecule has 0 fully saturated rings. The molecule has 2 aromatic carbocycles. The molecule has 0 atom stereocenters. The largest absolute Gasteiger partial charge is 0.497 e. The van der Waals surface area contributed by atoms with Gasteiger partial charge in [-0.25, -0.2) is 9.97 Å². The summed E-state index contributed by atoms with van der Waals surface area (Å²) < 4.78 is 5.17. The van der Waals surface area contributed by atoms with E-state index >= 15 is 0 Å². The quantitative estimate of drug-likeness (QED) is 0.671. The first-order valence-corrected chi connectivity index (χ1v) is 9.15. The Morgan fingerprint density at radius 2 is 1.86 bits per heavy atom. The topological polar surface area (TPSA) is 67.3 Å². The van der Waals surface area contributed by atoms with E-state index in [4.69, 9.17) is 4.74 Å². The van der Waals surface area contributed by atoms with Crippen LogP contribution in [0.1, 0.15) is 29.9 Å². The highest BCUT2D eigenvalue weighted by Gasteiger charge is 2.15. The van der Waals surface area contributed by atoms with E-state index in [0.717, 1.165) is 12.4 Å². The molecule has 1 amide bonds. The molecule has 1 N–H and O–H groups in total. The summed E-state index contributed by atoms with van der Waals surface area (Å²) in [4.78, 5) is 23.4. The molecule has 0 bridgehead atoms. The fourth-order valence-corrected chi connectivity index (χ4v) is 2.79. The zero-order valence-electron chi connectivity index (χ0n) is 16.3. The Labute approximate surface area is 165 Å². The molecule has 0 aliphatic carbocycles. The summed E-state index contributed by atoms with van der Waals surface area (Å²) in [6.07, 6.45) is 3.15. The average Bonchev–Trinajstić information content (AvgIpc) is 2.73. The Morgan fingerprint density at radius 3 is 2.50 bits per heavy atom. The molecule has 3 aromatic rings. The first kappa shape index (κ1) is 19.4. The molecular formula is C22H24N4O2. The second-order valence-corrected chi connectivity index (χ2v) is 6.65. The van der Waals surface area contributed by atoms with Gasteiger partial charge in [0.15, 0.2) is 0 Å². The number of rotatable bonds is 7. The van der Waals surface area contributed by atoms with Crippen molar-refractivity contribution < 1.29 is 9.53 Å². The molecule has 0 unspecified atom stereocenters. The van der Waals surface area contributed by atoms with E-state index in [2.05, 4.69) is 46.2 Å². The van der Waals surface area contributed by atoms with Gasteiger partial charge in [-0.3, -0.25) is 4.79 Å². The SMILES string of the molecule is COc1cccc(NC(=O)c2cnc(N(Cc3ccccc3)C(C)C)cn2)c1. The zero-order valence-corrected chi connectivity index (χ0v) is 16.3. The van der Waals surface area contributed by atoms with Gasteiger partial charge in [-0.05, 0) is 31.5 Å². The van der Waals surface area contributed by atoms with Crippen LogP contribution in [0.25, 0.3) is 0 Å². The van der Waals surface area contributed by atoms with E-state index in [1.54, 1.807) is 25.4 Å². The summed E-state index contributed by atoms with van der Waals surface area (Å²) in [7, 11) is 1.58. The minimum absolute atomic E-state index is 0.242. The number of carbonyl (C=O) groups excluding carboxylic acids is 1. The molecule has 0 spiro atoms. The van der Waals surface area contributed by atoms with Gasteiger partial charge in [0.1, 0.15) is 17.3 Å². The van der Waals surface area contributed by atoms with Gasteiger partial charge in [-0.15, -0.1) is 0 Å². The Balaban J connectivity index is 1.72. The molecule has 6 heteroatoms. The second kappa shape index (κ2) is 8.99. The van der Waals surface area contributed by atoms with Gasteiger partial charge >= 0.3 is 0 Å². The van der Waals surface area contributed by atoms with Crippen LogP contribution in [0.3, 0.4) is 0 Å². The number of nitrogens with one attached hydrogen (secondary N) is 1. The summed E-state index contributed by atoms with van der Waals surface area (Å²) in [5, 5.41) is 2.81. The van der Waals surface area contributed by atoms with Crippen LogP contribution < -0.4 is 15.0 Å². The number of aromatic nitrogens is 2. The molecule has 0 saturated heterocycles. The standard InChI is InChI=1S/C22H24N4O2/c1-16(2)26(15-17-8-5-4-6-9-17)21-14-23-20(13-24-21)22(27)25-18-10-7-11-19(12-18)28-3/h4-14,16H,15H2,1-3H3,(H,25,27). The number of methoxy groups -OCH3 is 1. The molecule has 1 aromatic heterocycles. The Bertz CT molecular complexity index is 911. The highest BCUT2D eigenvalue weighted by molar-refractivity contribution is 6.02. The van der Waals surface area contributed by atoms with Crippen molar-refractivity contribution in [1.82, 2.24) is 9.97 Å². The third-order valence-electron chi connectivity index (χ3n) is 4.31. The molecule has 1 heterocycles. The molecule has 0 aliphatic heterocycles. The molecule has 0 aliphatic rings. The van der Waals surface area contributed by atoms with E-state index in [-0.39, 0.29) is 17.6 Å². The monoisotopic (exact) mass is 376 g/mol. The minimum Gasteiger partial charge on any atom is -0.497 e. The van der Waals surface area contributed by atoms with Crippen molar-refractivity contribution in [2.75, 3.05) is 17.3 Å². The predicted octanol–water partition coefficient (Wildman–Crippen LogP) is 4.15. The lowest BCUT2D eigenvalue weighted by Gasteiger charge is -2.27. The second-order valence-electron chi connectivity index (χ2n) is 6.65. The summed E-state index contributed by atoms with van der Waals surface area (Å²) in [6.45, 7) is 4.94. The summed E-state index contributed by atoms with van der Waals surface area (Å²) >= 11 is 0. The van der Waals surface area contributed by atoms with Gasteiger partial charge in [-0.2, -0.15) is 0 Å². The summed E-state index contributed by atoms with van der Waals surface area (Å²) in [6, 6.07) is 17.6. The van der Waals surface area contributed by atoms with Crippen molar-refractivity contribution in [2.24, 2.45) is 0 Å². The van der Waals surface area contributed by atoms with E-state index in [1.807, 2.05) is 30.3 Å². The summed E-state index contributed by atoms with van der Waals surface area (Å²) in [5.74, 6) is 1.09. The normalized spacial score (nSPS) is 10.6. The average molecular weight is 376 g/mol. The molecule has 3 rings (SSSR count). The maximum atomic E-state index is 12.5. The van der Waals surface area contributed by atoms with Crippen LogP contribution in [0.4, 0.5) is 11.5 Å². The predicted molar refractivity (Wildman–Crippen MR) is 111 cm³/mol. The molecule has 144 valence electrons. The maximum Gasteiger partial charge on any atom is 0.275 e. The lowest BCUT2D eigenvalue weighted by atomic mass is 10.2. The van der Waals surface area contributed by atoms with Crippen molar-refractivity contribution >= 4 is 17.4 Å². The number of hydrogen-bond acceptors (Lipinski definition) is 5. The third-order valence-corrected chi connectivity index (χ3v) is 4.31. The zero-order chi connectivity index (χ0) is 19.9. The minimum atomic E-state index is -0.313. The Kier molecular flexibility index (Phi) is 6.22. The fourth-order valence-electron chi connectivity index (χ4n) is 2.79. The van der Waals surface area contributed by atoms with Crippen molar-refractivity contribution in [2.45, 2.75) is 26.4 Å². The van der Waals surface area contributed by atoms with Crippen LogP contribution in [0.15, 0.2) is 67.0 Å². The van der Waals surface area contributed by atoms with Crippen LogP contribution in [-0.4, -0.2) is 29.0 Å². The smallest absolute Gasteiger partial charge is 0.275 e. The number of hydrogen-bond donors (Lipinski definition) is 1. The number of amides is 1. The Hall–Kier alpha value is -3.41. The number of carbonyl (C=O) groups is 1. The lowest BCUT2D eigenvalue weighted by Crippen LogP contribution is -2.31. The van der Waals surface area contributed by atoms with Crippen molar-refractivity contribution in [3.8, 4) is 5.75 Å². The van der Waals surface area contributed by atoms with E-state index in [9.17, 15) is 4.79 Å². The fraction of sp³-hybridized carbons (Fsp3) is 0.227. The van der Waals surface area contributed by atoms with Gasteiger partial charge in [0.05, 0.1) is 19.5 Å². The number of ether oxygens (including phenoxy) is 1. The highest BCUT2D eigenvalue weighted by Crippen LogP contribution is 2.19. The van der Waals surface area contributed by atoms with Gasteiger partial charge in [0.25, 0.3) is 5.91 Å². The van der Waals surface area contributed by atoms with Gasteiger partial charge < -0.3 is 15.0 Å². The molecule has 0 saturated carbocycles. The van der Waals surface area contributed by atoms with Gasteiger partial charge in [0, 0.05) is 24.3 Å². The van der Waals surface area contributed by atoms with Crippen molar-refractivity contribution in [3.05, 3.63) is 78.2 Å². The van der Waals surface area contributed by atoms with E-state index in [0.29, 0.717) is 11.4 Å². The first-order valence-electron chi connectivity index (χ1n) is 9.15. The van der Waals surface area contributed by atoms with Crippen LogP contribution in [0.5, 0.6) is 5.75 Å². The lowest BCUT2D eigenvalue weighted by molar-refractivity contribution is 0.102. The molecular weight excluding hydrogens is 352 g/mol. The summed E-state index contributed by atoms with van der Waals surface area (Å²) in [5.41, 5.74) is 2.09. The van der Waals surface area contributed by atoms with Crippen LogP contribution >= 0.6 is 0 Å². The number of anilines is 2. The van der Waals surface area contributed by atoms with E-state index < -0.39 is 0 Å². The van der Waals surface area contributed by atoms with Crippen LogP contribution in [0.2, 0.25) is 0 Å². The van der Waals surface area contributed by atoms with Crippen LogP contribution in [0, 0.1) is 0 Å². The van der Waals surface area contributed by atoms with E-state index in [1.165, 1.54) is 11.8 Å². The Morgan fingerprint density at radius 1 is 1.07 bits per heavy atom. The number of nitrogens with zero attached hydrogens (tertiary/aromatic N) is 3. The molecule has 6 nitrogen and oxygen atoms in total. The van der Waals surface area contributed by atoms with Gasteiger partial charge in [0.2, 0.25) is 0 Å². The number of benzene rings is 2.